The van der Waals surface area contributed by atoms with E-state index in [1.165, 1.54) is 30.3 Å². The van der Waals surface area contributed by atoms with Gasteiger partial charge in [0, 0.05) is 24.0 Å². The Morgan fingerprint density at radius 3 is 2.38 bits per heavy atom. The van der Waals surface area contributed by atoms with Crippen LogP contribution >= 0.6 is 11.6 Å². The minimum atomic E-state index is -4.14. The highest BCUT2D eigenvalue weighted by Gasteiger charge is 2.20. The molecule has 1 N–H and O–H groups in total. The Bertz CT molecular complexity index is 1500. The van der Waals surface area contributed by atoms with Gasteiger partial charge in [-0.25, -0.2) is 12.8 Å². The van der Waals surface area contributed by atoms with Crippen LogP contribution in [-0.2, 0) is 16.6 Å². The van der Waals surface area contributed by atoms with Gasteiger partial charge in [0.05, 0.1) is 5.02 Å². The summed E-state index contributed by atoms with van der Waals surface area (Å²) in [7, 11) is -4.14. The average molecular weight is 496 g/mol. The molecule has 4 aromatic rings. The fourth-order valence-electron chi connectivity index (χ4n) is 3.22. The number of anilines is 1. The van der Waals surface area contributed by atoms with Gasteiger partial charge in [-0.05, 0) is 60.2 Å². The Morgan fingerprint density at radius 1 is 0.941 bits per heavy atom. The van der Waals surface area contributed by atoms with E-state index in [0.717, 1.165) is 17.7 Å². The van der Waals surface area contributed by atoms with Crippen LogP contribution in [0.2, 0.25) is 5.02 Å². The molecule has 0 radical (unpaired) electrons. The van der Waals surface area contributed by atoms with Crippen molar-refractivity contribution in [2.75, 3.05) is 4.72 Å². The van der Waals surface area contributed by atoms with Crippen LogP contribution in [0.5, 0.6) is 0 Å². The highest BCUT2D eigenvalue weighted by Crippen LogP contribution is 2.25. The van der Waals surface area contributed by atoms with E-state index in [2.05, 4.69) is 9.71 Å². The van der Waals surface area contributed by atoms with Gasteiger partial charge in [-0.2, -0.15) is 4.99 Å². The zero-order valence-corrected chi connectivity index (χ0v) is 19.3. The lowest BCUT2D eigenvalue weighted by Gasteiger charge is -2.11. The van der Waals surface area contributed by atoms with Crippen LogP contribution in [0, 0.1) is 5.82 Å². The monoisotopic (exact) mass is 495 g/mol. The molecular weight excluding hydrogens is 477 g/mol. The predicted octanol–water partition coefficient (Wildman–Crippen LogP) is 4.87. The number of pyridine rings is 1. The molecule has 3 aromatic carbocycles. The first-order valence-electron chi connectivity index (χ1n) is 10.2. The largest absolute Gasteiger partial charge is 0.328 e. The van der Waals surface area contributed by atoms with Crippen LogP contribution in [0.1, 0.15) is 15.9 Å². The minimum Gasteiger partial charge on any atom is -0.328 e. The topological polar surface area (TPSA) is 80.5 Å². The molecule has 0 atom stereocenters. The summed E-state index contributed by atoms with van der Waals surface area (Å²) >= 11 is 6.13. The standard InChI is InChI=1S/C25H19ClFN3O3S/c26-22-14-9-19(16-23(22)34(32,33)29-21-12-10-20(27)11-13-21)25(31)28-24-8-4-5-15-30(24)17-18-6-2-1-3-7-18/h1-16,29H,17H2. The van der Waals surface area contributed by atoms with E-state index in [9.17, 15) is 17.6 Å². The molecule has 9 heteroatoms. The minimum absolute atomic E-state index is 0.0546. The third-order valence-electron chi connectivity index (χ3n) is 4.89. The molecule has 0 bridgehead atoms. The third-order valence-corrected chi connectivity index (χ3v) is 6.76. The van der Waals surface area contributed by atoms with Gasteiger partial charge in [-0.1, -0.05) is 48.0 Å². The van der Waals surface area contributed by atoms with Crippen LogP contribution in [0.3, 0.4) is 0 Å². The Kier molecular flexibility index (Phi) is 6.90. The Balaban J connectivity index is 1.65. The zero-order chi connectivity index (χ0) is 24.1. The number of benzene rings is 3. The average Bonchev–Trinajstić information content (AvgIpc) is 2.82. The van der Waals surface area contributed by atoms with Crippen LogP contribution in [0.25, 0.3) is 0 Å². The third kappa shape index (κ3) is 5.59. The van der Waals surface area contributed by atoms with E-state index in [1.807, 2.05) is 47.2 Å². The Labute approximate surface area is 201 Å². The molecule has 172 valence electrons. The highest BCUT2D eigenvalue weighted by atomic mass is 35.5. The second kappa shape index (κ2) is 10.0. The van der Waals surface area contributed by atoms with Gasteiger partial charge in [-0.15, -0.1) is 0 Å². The number of halogens is 2. The lowest BCUT2D eigenvalue weighted by atomic mass is 10.2. The summed E-state index contributed by atoms with van der Waals surface area (Å²) in [5.41, 5.74) is 1.67. The van der Waals surface area contributed by atoms with Crippen molar-refractivity contribution in [3.05, 3.63) is 125 Å². The molecule has 1 aromatic heterocycles. The van der Waals surface area contributed by atoms with Crippen molar-refractivity contribution in [3.63, 3.8) is 0 Å². The zero-order valence-electron chi connectivity index (χ0n) is 17.7. The van der Waals surface area contributed by atoms with Crippen LogP contribution in [-0.4, -0.2) is 18.9 Å². The van der Waals surface area contributed by atoms with E-state index in [4.69, 9.17) is 11.6 Å². The first-order valence-corrected chi connectivity index (χ1v) is 12.0. The van der Waals surface area contributed by atoms with Gasteiger partial charge in [-0.3, -0.25) is 9.52 Å². The number of hydrogen-bond acceptors (Lipinski definition) is 3. The second-order valence-corrected chi connectivity index (χ2v) is 9.40. The van der Waals surface area contributed by atoms with Crippen molar-refractivity contribution in [1.29, 1.82) is 0 Å². The van der Waals surface area contributed by atoms with Crippen LogP contribution < -0.4 is 10.2 Å². The molecule has 0 spiro atoms. The molecule has 6 nitrogen and oxygen atoms in total. The summed E-state index contributed by atoms with van der Waals surface area (Å²) in [6.07, 6.45) is 1.81. The molecule has 1 amide bonds. The van der Waals surface area contributed by atoms with Crippen LogP contribution in [0.15, 0.2) is 107 Å². The highest BCUT2D eigenvalue weighted by molar-refractivity contribution is 7.92. The SMILES string of the molecule is O=C(N=c1ccccn1Cc1ccccc1)c1ccc(Cl)c(S(=O)(=O)Nc2ccc(F)cc2)c1. The number of amides is 1. The molecule has 0 aliphatic heterocycles. The van der Waals surface area contributed by atoms with Crippen molar-refractivity contribution >= 4 is 33.2 Å². The molecule has 0 fully saturated rings. The van der Waals surface area contributed by atoms with Crippen molar-refractivity contribution < 1.29 is 17.6 Å². The molecule has 0 aliphatic carbocycles. The van der Waals surface area contributed by atoms with Crippen molar-refractivity contribution in [2.45, 2.75) is 11.4 Å². The molecule has 34 heavy (non-hydrogen) atoms. The Hall–Kier alpha value is -3.75. The van der Waals surface area contributed by atoms with E-state index in [0.29, 0.717) is 12.0 Å². The van der Waals surface area contributed by atoms with E-state index < -0.39 is 21.7 Å². The van der Waals surface area contributed by atoms with Gasteiger partial charge < -0.3 is 4.57 Å². The molecule has 0 saturated carbocycles. The van der Waals surface area contributed by atoms with E-state index in [1.54, 1.807) is 12.1 Å². The molecule has 0 unspecified atom stereocenters. The number of nitrogens with zero attached hydrogens (tertiary/aromatic N) is 2. The first-order chi connectivity index (χ1) is 16.3. The lowest BCUT2D eigenvalue weighted by molar-refractivity contribution is 0.0997. The normalized spacial score (nSPS) is 11.9. The summed E-state index contributed by atoms with van der Waals surface area (Å²) in [4.78, 5) is 16.8. The number of aromatic nitrogens is 1. The van der Waals surface area contributed by atoms with Crippen molar-refractivity contribution in [2.24, 2.45) is 4.99 Å². The number of carbonyl (C=O) groups excluding carboxylic acids is 1. The summed E-state index contributed by atoms with van der Waals surface area (Å²) < 4.78 is 43.0. The summed E-state index contributed by atoms with van der Waals surface area (Å²) in [5.74, 6) is -1.12. The van der Waals surface area contributed by atoms with E-state index in [-0.39, 0.29) is 21.2 Å². The Morgan fingerprint density at radius 2 is 1.65 bits per heavy atom. The fourth-order valence-corrected chi connectivity index (χ4v) is 4.81. The maximum absolute atomic E-state index is 13.1. The molecule has 4 rings (SSSR count). The molecule has 0 saturated heterocycles. The summed E-state index contributed by atoms with van der Waals surface area (Å²) in [5, 5.41) is -0.0648. The van der Waals surface area contributed by atoms with Gasteiger partial charge in [0.2, 0.25) is 0 Å². The summed E-state index contributed by atoms with van der Waals surface area (Å²) in [6.45, 7) is 0.510. The van der Waals surface area contributed by atoms with E-state index >= 15 is 0 Å². The number of hydrogen-bond donors (Lipinski definition) is 1. The maximum Gasteiger partial charge on any atom is 0.278 e. The number of nitrogens with one attached hydrogen (secondary N) is 1. The lowest BCUT2D eigenvalue weighted by Crippen LogP contribution is -2.22. The van der Waals surface area contributed by atoms with Gasteiger partial charge >= 0.3 is 0 Å². The van der Waals surface area contributed by atoms with Crippen LogP contribution in [0.4, 0.5) is 10.1 Å². The quantitative estimate of drug-likeness (QED) is 0.414. The fraction of sp³-hybridized carbons (Fsp3) is 0.0400. The maximum atomic E-state index is 13.1. The van der Waals surface area contributed by atoms with Gasteiger partial charge in [0.1, 0.15) is 16.2 Å². The number of carbonyl (C=O) groups is 1. The molecule has 1 heterocycles. The number of sulfonamides is 1. The summed E-state index contributed by atoms with van der Waals surface area (Å²) in [6, 6.07) is 23.7. The smallest absolute Gasteiger partial charge is 0.278 e. The first kappa shape index (κ1) is 23.4. The number of rotatable bonds is 6. The van der Waals surface area contributed by atoms with Crippen molar-refractivity contribution in [3.8, 4) is 0 Å². The molecule has 0 aliphatic rings. The van der Waals surface area contributed by atoms with Gasteiger partial charge in [0.15, 0.2) is 0 Å². The van der Waals surface area contributed by atoms with Gasteiger partial charge in [0.25, 0.3) is 15.9 Å². The second-order valence-electron chi connectivity index (χ2n) is 7.35. The van der Waals surface area contributed by atoms with Crippen molar-refractivity contribution in [1.82, 2.24) is 4.57 Å². The predicted molar refractivity (Wildman–Crippen MR) is 129 cm³/mol. The molecular formula is C25H19ClFN3O3S.